The van der Waals surface area contributed by atoms with Gasteiger partial charge in [-0.3, -0.25) is 0 Å². The maximum atomic E-state index is 13.8. The molecule has 33 heavy (non-hydrogen) atoms. The molecule has 0 fully saturated rings. The lowest BCUT2D eigenvalue weighted by molar-refractivity contribution is 0.195. The van der Waals surface area contributed by atoms with E-state index in [1.165, 1.54) is 33.8 Å². The molecule has 2 amide bonds. The topological polar surface area (TPSA) is 37.3 Å². The summed E-state index contributed by atoms with van der Waals surface area (Å²) in [5, 5.41) is 7.02. The number of nitrogens with one attached hydrogen (secondary N) is 1. The molecule has 6 rings (SSSR count). The molecule has 4 aromatic rings. The molecule has 3 aromatic heterocycles. The lowest BCUT2D eigenvalue weighted by atomic mass is 9.95. The van der Waals surface area contributed by atoms with Crippen LogP contribution in [0.15, 0.2) is 54.0 Å². The van der Waals surface area contributed by atoms with Gasteiger partial charge in [-0.1, -0.05) is 23.7 Å². The van der Waals surface area contributed by atoms with Crippen molar-refractivity contribution < 1.29 is 4.79 Å². The molecule has 1 aromatic carbocycles. The summed E-state index contributed by atoms with van der Waals surface area (Å²) in [5.41, 5.74) is 5.59. The second-order valence-corrected chi connectivity index (χ2v) is 11.2. The molecule has 0 saturated carbocycles. The zero-order valence-electron chi connectivity index (χ0n) is 18.3. The van der Waals surface area contributed by atoms with Crippen LogP contribution in [0.25, 0.3) is 5.00 Å². The Morgan fingerprint density at radius 1 is 1.12 bits per heavy atom. The van der Waals surface area contributed by atoms with Crippen molar-refractivity contribution in [3.63, 3.8) is 0 Å². The standard InChI is InChI=1S/C26H24ClN3OS2/c1-16-10-11-20(19(27)14-16)28-26(31)30-15-18-17-6-2-3-8-22(17)33-25(18)29-12-4-7-21(29)24(30)23-9-5-13-32-23/h4-5,7,9-14,24H,2-3,6,8,15H2,1H3,(H,28,31)/t24-/m0/s1. The summed E-state index contributed by atoms with van der Waals surface area (Å²) in [7, 11) is 0. The fraction of sp³-hybridized carbons (Fsp3) is 0.269. The van der Waals surface area contributed by atoms with Gasteiger partial charge in [0.2, 0.25) is 0 Å². The third-order valence-corrected chi connectivity index (χ3v) is 9.19. The lowest BCUT2D eigenvalue weighted by Crippen LogP contribution is -2.37. The Morgan fingerprint density at radius 3 is 2.82 bits per heavy atom. The van der Waals surface area contributed by atoms with Gasteiger partial charge in [-0.25, -0.2) is 4.79 Å². The number of thiophene rings is 2. The molecule has 0 bridgehead atoms. The molecule has 0 unspecified atom stereocenters. The Kier molecular flexibility index (Phi) is 5.32. The van der Waals surface area contributed by atoms with E-state index in [9.17, 15) is 4.79 Å². The van der Waals surface area contributed by atoms with E-state index in [2.05, 4.69) is 45.7 Å². The van der Waals surface area contributed by atoms with Crippen LogP contribution in [0.1, 0.15) is 51.0 Å². The van der Waals surface area contributed by atoms with E-state index < -0.39 is 0 Å². The first-order valence-corrected chi connectivity index (χ1v) is 13.4. The van der Waals surface area contributed by atoms with E-state index in [0.29, 0.717) is 17.3 Å². The van der Waals surface area contributed by atoms with Gasteiger partial charge in [-0.15, -0.1) is 22.7 Å². The average Bonchev–Trinajstić information content (AvgIpc) is 3.55. The summed E-state index contributed by atoms with van der Waals surface area (Å²) in [6.07, 6.45) is 6.85. The van der Waals surface area contributed by atoms with Gasteiger partial charge in [0.25, 0.3) is 0 Å². The van der Waals surface area contributed by atoms with E-state index in [0.717, 1.165) is 29.0 Å². The molecule has 0 saturated heterocycles. The number of rotatable bonds is 2. The van der Waals surface area contributed by atoms with Crippen LogP contribution in [0.2, 0.25) is 5.02 Å². The normalized spacial score (nSPS) is 17.2. The van der Waals surface area contributed by atoms with Gasteiger partial charge in [0, 0.05) is 21.5 Å². The Bertz CT molecular complexity index is 1340. The van der Waals surface area contributed by atoms with Crippen molar-refractivity contribution in [2.75, 3.05) is 5.32 Å². The predicted octanol–water partition coefficient (Wildman–Crippen LogP) is 7.58. The number of carbonyl (C=O) groups is 1. The molecular weight excluding hydrogens is 470 g/mol. The highest BCUT2D eigenvalue weighted by Crippen LogP contribution is 2.44. The van der Waals surface area contributed by atoms with Crippen LogP contribution in [0, 0.1) is 6.92 Å². The van der Waals surface area contributed by atoms with Crippen LogP contribution in [0.4, 0.5) is 10.5 Å². The zero-order chi connectivity index (χ0) is 22.5. The third kappa shape index (κ3) is 3.61. The molecule has 0 radical (unpaired) electrons. The van der Waals surface area contributed by atoms with Crippen molar-refractivity contribution in [3.05, 3.63) is 91.2 Å². The summed E-state index contributed by atoms with van der Waals surface area (Å²) in [6, 6.07) is 13.9. The van der Waals surface area contributed by atoms with Crippen molar-refractivity contribution in [2.45, 2.75) is 45.2 Å². The molecule has 1 aliphatic heterocycles. The molecule has 168 valence electrons. The first-order valence-electron chi connectivity index (χ1n) is 11.3. The molecule has 1 atom stereocenters. The van der Waals surface area contributed by atoms with Crippen molar-refractivity contribution in [3.8, 4) is 5.00 Å². The number of fused-ring (bicyclic) bond motifs is 5. The third-order valence-electron chi connectivity index (χ3n) is 6.62. The van der Waals surface area contributed by atoms with Crippen molar-refractivity contribution in [2.24, 2.45) is 0 Å². The minimum Gasteiger partial charge on any atom is -0.310 e. The molecule has 1 N–H and O–H groups in total. The predicted molar refractivity (Wildman–Crippen MR) is 137 cm³/mol. The Hall–Kier alpha value is -2.54. The van der Waals surface area contributed by atoms with Crippen LogP contribution >= 0.6 is 34.3 Å². The molecule has 7 heteroatoms. The second kappa shape index (κ2) is 8.35. The van der Waals surface area contributed by atoms with Crippen molar-refractivity contribution in [1.29, 1.82) is 0 Å². The van der Waals surface area contributed by atoms with Crippen LogP contribution in [-0.4, -0.2) is 15.5 Å². The second-order valence-electron chi connectivity index (χ2n) is 8.76. The number of hydrogen-bond donors (Lipinski definition) is 1. The lowest BCUT2D eigenvalue weighted by Gasteiger charge is -2.30. The fourth-order valence-corrected chi connectivity index (χ4v) is 7.58. The number of amides is 2. The fourth-order valence-electron chi connectivity index (χ4n) is 5.04. The number of nitrogens with zero attached hydrogens (tertiary/aromatic N) is 2. The highest BCUT2D eigenvalue weighted by molar-refractivity contribution is 7.15. The Balaban J connectivity index is 1.48. The van der Waals surface area contributed by atoms with Crippen molar-refractivity contribution in [1.82, 2.24) is 9.47 Å². The number of halogens is 1. The first-order chi connectivity index (χ1) is 16.1. The van der Waals surface area contributed by atoms with Gasteiger partial charge in [0.1, 0.15) is 11.0 Å². The molecule has 2 aliphatic rings. The summed E-state index contributed by atoms with van der Waals surface area (Å²) >= 11 is 10.1. The molecule has 1 aliphatic carbocycles. The van der Waals surface area contributed by atoms with Gasteiger partial charge in [0.05, 0.1) is 22.9 Å². The number of urea groups is 1. The van der Waals surface area contributed by atoms with Gasteiger partial charge < -0.3 is 14.8 Å². The number of aryl methyl sites for hydroxylation is 2. The molecule has 0 spiro atoms. The first kappa shape index (κ1) is 21.0. The van der Waals surface area contributed by atoms with E-state index in [1.807, 2.05) is 41.4 Å². The van der Waals surface area contributed by atoms with E-state index in [4.69, 9.17) is 11.6 Å². The number of carbonyl (C=O) groups excluding carboxylic acids is 1. The summed E-state index contributed by atoms with van der Waals surface area (Å²) < 4.78 is 2.31. The van der Waals surface area contributed by atoms with Crippen LogP contribution < -0.4 is 5.32 Å². The molecular formula is C26H24ClN3OS2. The van der Waals surface area contributed by atoms with Gasteiger partial charge in [-0.2, -0.15) is 0 Å². The minimum atomic E-state index is -0.164. The van der Waals surface area contributed by atoms with E-state index in [-0.39, 0.29) is 12.1 Å². The monoisotopic (exact) mass is 493 g/mol. The van der Waals surface area contributed by atoms with Crippen LogP contribution in [0.5, 0.6) is 0 Å². The summed E-state index contributed by atoms with van der Waals surface area (Å²) in [4.78, 5) is 18.5. The maximum absolute atomic E-state index is 13.8. The Morgan fingerprint density at radius 2 is 2.00 bits per heavy atom. The minimum absolute atomic E-state index is 0.129. The Labute approximate surface area is 206 Å². The highest BCUT2D eigenvalue weighted by atomic mass is 35.5. The van der Waals surface area contributed by atoms with Gasteiger partial charge in [0.15, 0.2) is 0 Å². The van der Waals surface area contributed by atoms with Gasteiger partial charge in [-0.05, 0) is 79.4 Å². The number of anilines is 1. The summed E-state index contributed by atoms with van der Waals surface area (Å²) in [5.74, 6) is 0. The van der Waals surface area contributed by atoms with Crippen LogP contribution in [-0.2, 0) is 19.4 Å². The number of benzene rings is 1. The van der Waals surface area contributed by atoms with Crippen molar-refractivity contribution >= 4 is 46.0 Å². The van der Waals surface area contributed by atoms with E-state index in [1.54, 1.807) is 11.3 Å². The highest BCUT2D eigenvalue weighted by Gasteiger charge is 2.36. The summed E-state index contributed by atoms with van der Waals surface area (Å²) in [6.45, 7) is 2.58. The smallest absolute Gasteiger partial charge is 0.310 e. The zero-order valence-corrected chi connectivity index (χ0v) is 20.7. The largest absolute Gasteiger partial charge is 0.323 e. The quantitative estimate of drug-likeness (QED) is 0.307. The van der Waals surface area contributed by atoms with Gasteiger partial charge >= 0.3 is 6.03 Å². The van der Waals surface area contributed by atoms with Crippen LogP contribution in [0.3, 0.4) is 0 Å². The number of hydrogen-bond acceptors (Lipinski definition) is 3. The molecule has 4 heterocycles. The molecule has 4 nitrogen and oxygen atoms in total. The van der Waals surface area contributed by atoms with E-state index >= 15 is 0 Å². The SMILES string of the molecule is Cc1ccc(NC(=O)N2Cc3c(sc4c3CCCC4)-n3cccc3[C@H]2c2cccs2)c(Cl)c1. The average molecular weight is 494 g/mol. The maximum Gasteiger partial charge on any atom is 0.323 e. The number of aromatic nitrogens is 1.